The Balaban J connectivity index is 2.76. The van der Waals surface area contributed by atoms with Gasteiger partial charge in [-0.2, -0.15) is 0 Å². The molecule has 0 spiro atoms. The first-order chi connectivity index (χ1) is 6.22. The smallest absolute Gasteiger partial charge is 0.183 e. The zero-order valence-electron chi connectivity index (χ0n) is 6.84. The fourth-order valence-corrected chi connectivity index (χ4v) is 2.39. The van der Waals surface area contributed by atoms with Gasteiger partial charge in [0, 0.05) is 7.05 Å². The van der Waals surface area contributed by atoms with Crippen LogP contribution >= 0.6 is 27.3 Å². The van der Waals surface area contributed by atoms with Crippen molar-refractivity contribution >= 4 is 42.6 Å². The van der Waals surface area contributed by atoms with Crippen molar-refractivity contribution in [2.24, 2.45) is 0 Å². The zero-order valence-corrected chi connectivity index (χ0v) is 9.24. The molecule has 0 radical (unpaired) electrons. The number of aromatic hydroxyl groups is 1. The number of thiazole rings is 1. The van der Waals surface area contributed by atoms with Crippen molar-refractivity contribution in [2.45, 2.75) is 0 Å². The van der Waals surface area contributed by atoms with E-state index in [0.717, 1.165) is 15.3 Å². The second-order valence-corrected chi connectivity index (χ2v) is 4.37. The van der Waals surface area contributed by atoms with Crippen LogP contribution in [0.1, 0.15) is 0 Å². The summed E-state index contributed by atoms with van der Waals surface area (Å²) < 4.78 is 1.50. The molecule has 0 aliphatic rings. The number of phenolic OH excluding ortho intramolecular Hbond substituents is 1. The summed E-state index contributed by atoms with van der Waals surface area (Å²) in [5.41, 5.74) is 0.815. The van der Waals surface area contributed by atoms with Gasteiger partial charge in [0.1, 0.15) is 5.75 Å². The second kappa shape index (κ2) is 3.16. The molecule has 0 fully saturated rings. The van der Waals surface area contributed by atoms with Crippen LogP contribution in [0.4, 0.5) is 5.13 Å². The molecule has 13 heavy (non-hydrogen) atoms. The maximum Gasteiger partial charge on any atom is 0.183 e. The SMILES string of the molecule is CNc1nc2ccc(Br)c(O)c2s1. The first-order valence-electron chi connectivity index (χ1n) is 3.68. The molecule has 2 N–H and O–H groups in total. The molecule has 2 aromatic rings. The molecule has 1 aromatic carbocycles. The number of aromatic nitrogens is 1. The third-order valence-electron chi connectivity index (χ3n) is 1.70. The molecule has 0 unspecified atom stereocenters. The Bertz CT molecular complexity index is 455. The Labute approximate surface area is 87.5 Å². The van der Waals surface area contributed by atoms with E-state index in [1.807, 2.05) is 13.1 Å². The molecule has 0 saturated heterocycles. The van der Waals surface area contributed by atoms with Crippen molar-refractivity contribution in [3.8, 4) is 5.75 Å². The summed E-state index contributed by atoms with van der Waals surface area (Å²) in [7, 11) is 1.81. The van der Waals surface area contributed by atoms with Crippen LogP contribution in [-0.2, 0) is 0 Å². The molecule has 1 aromatic heterocycles. The molecule has 1 heterocycles. The van der Waals surface area contributed by atoms with Crippen LogP contribution in [0.2, 0.25) is 0 Å². The molecular formula is C8H7BrN2OS. The predicted octanol–water partition coefficient (Wildman–Crippen LogP) is 2.81. The van der Waals surface area contributed by atoms with Crippen LogP contribution in [0.5, 0.6) is 5.75 Å². The van der Waals surface area contributed by atoms with Gasteiger partial charge in [0.15, 0.2) is 5.13 Å². The third-order valence-corrected chi connectivity index (χ3v) is 3.43. The van der Waals surface area contributed by atoms with Gasteiger partial charge in [-0.15, -0.1) is 0 Å². The molecular weight excluding hydrogens is 252 g/mol. The van der Waals surface area contributed by atoms with Crippen molar-refractivity contribution in [2.75, 3.05) is 12.4 Å². The Hall–Kier alpha value is -0.810. The summed E-state index contributed by atoms with van der Waals surface area (Å²) >= 11 is 4.69. The van der Waals surface area contributed by atoms with Crippen LogP contribution in [0.3, 0.4) is 0 Å². The number of rotatable bonds is 1. The summed E-state index contributed by atoms with van der Waals surface area (Å²) in [6.07, 6.45) is 0. The van der Waals surface area contributed by atoms with Crippen molar-refractivity contribution in [1.82, 2.24) is 4.98 Å². The molecule has 3 nitrogen and oxygen atoms in total. The minimum absolute atomic E-state index is 0.261. The first kappa shape index (κ1) is 8.77. The van der Waals surface area contributed by atoms with Crippen molar-refractivity contribution in [3.63, 3.8) is 0 Å². The van der Waals surface area contributed by atoms with E-state index >= 15 is 0 Å². The average molecular weight is 259 g/mol. The molecule has 0 atom stereocenters. The fraction of sp³-hybridized carbons (Fsp3) is 0.125. The molecule has 2 rings (SSSR count). The van der Waals surface area contributed by atoms with E-state index in [1.54, 1.807) is 6.07 Å². The number of anilines is 1. The van der Waals surface area contributed by atoms with Crippen molar-refractivity contribution < 1.29 is 5.11 Å². The fourth-order valence-electron chi connectivity index (χ4n) is 1.06. The van der Waals surface area contributed by atoms with E-state index in [0.29, 0.717) is 4.47 Å². The Morgan fingerprint density at radius 1 is 1.54 bits per heavy atom. The number of phenols is 1. The molecule has 0 bridgehead atoms. The topological polar surface area (TPSA) is 45.2 Å². The largest absolute Gasteiger partial charge is 0.505 e. The average Bonchev–Trinajstić information content (AvgIpc) is 2.55. The molecule has 0 aliphatic heterocycles. The van der Waals surface area contributed by atoms with Crippen LogP contribution in [0.25, 0.3) is 10.2 Å². The highest BCUT2D eigenvalue weighted by atomic mass is 79.9. The summed E-state index contributed by atoms with van der Waals surface area (Å²) in [6.45, 7) is 0. The second-order valence-electron chi connectivity index (χ2n) is 2.51. The first-order valence-corrected chi connectivity index (χ1v) is 5.29. The number of fused-ring (bicyclic) bond motifs is 1. The lowest BCUT2D eigenvalue weighted by molar-refractivity contribution is 0.479. The number of nitrogens with one attached hydrogen (secondary N) is 1. The molecule has 68 valence electrons. The van der Waals surface area contributed by atoms with Crippen LogP contribution < -0.4 is 5.32 Å². The highest BCUT2D eigenvalue weighted by Gasteiger charge is 2.08. The summed E-state index contributed by atoms with van der Waals surface area (Å²) in [4.78, 5) is 4.26. The number of hydrogen-bond acceptors (Lipinski definition) is 4. The summed E-state index contributed by atoms with van der Waals surface area (Å²) in [5.74, 6) is 0.261. The lowest BCUT2D eigenvalue weighted by Crippen LogP contribution is -1.83. The van der Waals surface area contributed by atoms with E-state index in [-0.39, 0.29) is 5.75 Å². The normalized spacial score (nSPS) is 10.6. The van der Waals surface area contributed by atoms with Gasteiger partial charge in [0.05, 0.1) is 14.7 Å². The van der Waals surface area contributed by atoms with Gasteiger partial charge in [0.2, 0.25) is 0 Å². The van der Waals surface area contributed by atoms with Gasteiger partial charge in [-0.25, -0.2) is 4.98 Å². The quantitative estimate of drug-likeness (QED) is 0.827. The molecule has 0 aliphatic carbocycles. The maximum absolute atomic E-state index is 9.66. The number of benzene rings is 1. The highest BCUT2D eigenvalue weighted by Crippen LogP contribution is 2.37. The number of halogens is 1. The number of nitrogens with zero attached hydrogens (tertiary/aromatic N) is 1. The lowest BCUT2D eigenvalue weighted by atomic mass is 10.3. The van der Waals surface area contributed by atoms with E-state index in [1.165, 1.54) is 11.3 Å². The van der Waals surface area contributed by atoms with E-state index in [4.69, 9.17) is 0 Å². The summed E-state index contributed by atoms with van der Waals surface area (Å²) in [6, 6.07) is 3.66. The van der Waals surface area contributed by atoms with Gasteiger partial charge in [-0.05, 0) is 28.1 Å². The minimum atomic E-state index is 0.261. The zero-order chi connectivity index (χ0) is 9.42. The Kier molecular flexibility index (Phi) is 2.13. The molecule has 5 heteroatoms. The highest BCUT2D eigenvalue weighted by molar-refractivity contribution is 9.10. The van der Waals surface area contributed by atoms with Gasteiger partial charge < -0.3 is 10.4 Å². The number of hydrogen-bond donors (Lipinski definition) is 2. The van der Waals surface area contributed by atoms with Crippen LogP contribution in [-0.4, -0.2) is 17.1 Å². The predicted molar refractivity (Wildman–Crippen MR) is 58.5 cm³/mol. The van der Waals surface area contributed by atoms with E-state index in [9.17, 15) is 5.11 Å². The lowest BCUT2D eigenvalue weighted by Gasteiger charge is -1.94. The Morgan fingerprint density at radius 3 is 3.00 bits per heavy atom. The van der Waals surface area contributed by atoms with Crippen LogP contribution in [0, 0.1) is 0 Å². The third kappa shape index (κ3) is 1.38. The molecule has 0 amide bonds. The van der Waals surface area contributed by atoms with Gasteiger partial charge in [-0.3, -0.25) is 0 Å². The summed E-state index contributed by atoms with van der Waals surface area (Å²) in [5, 5.41) is 13.4. The monoisotopic (exact) mass is 258 g/mol. The van der Waals surface area contributed by atoms with Crippen molar-refractivity contribution in [3.05, 3.63) is 16.6 Å². The van der Waals surface area contributed by atoms with Gasteiger partial charge in [-0.1, -0.05) is 11.3 Å². The van der Waals surface area contributed by atoms with E-state index < -0.39 is 0 Å². The van der Waals surface area contributed by atoms with Crippen LogP contribution in [0.15, 0.2) is 16.6 Å². The molecule has 0 saturated carbocycles. The van der Waals surface area contributed by atoms with Crippen molar-refractivity contribution in [1.29, 1.82) is 0 Å². The minimum Gasteiger partial charge on any atom is -0.505 e. The standard InChI is InChI=1S/C8H7BrN2OS/c1-10-8-11-5-3-2-4(9)6(12)7(5)13-8/h2-3,12H,1H3,(H,10,11). The van der Waals surface area contributed by atoms with Gasteiger partial charge >= 0.3 is 0 Å². The van der Waals surface area contributed by atoms with Gasteiger partial charge in [0.25, 0.3) is 0 Å². The van der Waals surface area contributed by atoms with E-state index in [2.05, 4.69) is 26.2 Å². The Morgan fingerprint density at radius 2 is 2.31 bits per heavy atom. The maximum atomic E-state index is 9.66.